The highest BCUT2D eigenvalue weighted by Crippen LogP contribution is 2.28. The summed E-state index contributed by atoms with van der Waals surface area (Å²) in [5, 5.41) is 2.67. The standard InChI is InChI=1S/C22H22FN3O4/c1-15(27)16-5-8-20(21(12-16)29-2)30-11-3-4-22(28)25-17-6-7-19(18(23)13-17)26-10-9-24-14-26/h5-10,12-14H,3-4,11H2,1-2H3,(H,25,28). The van der Waals surface area contributed by atoms with Crippen molar-refractivity contribution in [3.05, 3.63) is 66.5 Å². The minimum Gasteiger partial charge on any atom is -0.493 e. The largest absolute Gasteiger partial charge is 0.493 e. The summed E-state index contributed by atoms with van der Waals surface area (Å²) in [6.45, 7) is 1.77. The number of halogens is 1. The molecule has 0 fully saturated rings. The van der Waals surface area contributed by atoms with Gasteiger partial charge in [-0.15, -0.1) is 0 Å². The van der Waals surface area contributed by atoms with Crippen molar-refractivity contribution in [2.75, 3.05) is 19.0 Å². The highest BCUT2D eigenvalue weighted by Gasteiger charge is 2.10. The van der Waals surface area contributed by atoms with Crippen LogP contribution in [0.5, 0.6) is 11.5 Å². The van der Waals surface area contributed by atoms with Gasteiger partial charge in [-0.3, -0.25) is 9.59 Å². The maximum atomic E-state index is 14.3. The molecule has 0 spiro atoms. The number of benzene rings is 2. The van der Waals surface area contributed by atoms with Crippen LogP contribution in [0.1, 0.15) is 30.1 Å². The van der Waals surface area contributed by atoms with E-state index in [1.54, 1.807) is 47.3 Å². The van der Waals surface area contributed by atoms with Crippen LogP contribution in [-0.4, -0.2) is 35.0 Å². The van der Waals surface area contributed by atoms with Crippen LogP contribution in [0.4, 0.5) is 10.1 Å². The van der Waals surface area contributed by atoms with Gasteiger partial charge in [0.15, 0.2) is 17.3 Å². The molecule has 7 nitrogen and oxygen atoms in total. The van der Waals surface area contributed by atoms with Crippen LogP contribution in [-0.2, 0) is 4.79 Å². The monoisotopic (exact) mass is 411 g/mol. The third-order valence-corrected chi connectivity index (χ3v) is 4.39. The van der Waals surface area contributed by atoms with Crippen LogP contribution >= 0.6 is 0 Å². The maximum absolute atomic E-state index is 14.3. The number of anilines is 1. The number of carbonyl (C=O) groups is 2. The molecule has 2 aromatic carbocycles. The van der Waals surface area contributed by atoms with Gasteiger partial charge in [-0.05, 0) is 49.7 Å². The van der Waals surface area contributed by atoms with E-state index in [1.807, 2.05) is 0 Å². The number of hydrogen-bond acceptors (Lipinski definition) is 5. The Morgan fingerprint density at radius 3 is 2.67 bits per heavy atom. The number of Topliss-reactive ketones (excluding diaryl/α,β-unsaturated/α-hetero) is 1. The molecular formula is C22H22FN3O4. The molecule has 0 saturated heterocycles. The number of nitrogens with one attached hydrogen (secondary N) is 1. The van der Waals surface area contributed by atoms with Gasteiger partial charge >= 0.3 is 0 Å². The average Bonchev–Trinajstić information content (AvgIpc) is 3.25. The summed E-state index contributed by atoms with van der Waals surface area (Å²) in [4.78, 5) is 27.5. The predicted molar refractivity (Wildman–Crippen MR) is 110 cm³/mol. The number of ether oxygens (including phenoxy) is 2. The Bertz CT molecular complexity index is 1030. The molecule has 0 bridgehead atoms. The van der Waals surface area contributed by atoms with Gasteiger partial charge in [0.25, 0.3) is 0 Å². The molecule has 0 aliphatic carbocycles. The van der Waals surface area contributed by atoms with Gasteiger partial charge in [-0.2, -0.15) is 0 Å². The molecule has 0 atom stereocenters. The van der Waals surface area contributed by atoms with Gasteiger partial charge in [0.1, 0.15) is 5.82 Å². The van der Waals surface area contributed by atoms with Crippen LogP contribution in [0.2, 0.25) is 0 Å². The zero-order valence-electron chi connectivity index (χ0n) is 16.7. The van der Waals surface area contributed by atoms with Gasteiger partial charge < -0.3 is 19.4 Å². The Kier molecular flexibility index (Phi) is 6.79. The fourth-order valence-corrected chi connectivity index (χ4v) is 2.84. The lowest BCUT2D eigenvalue weighted by molar-refractivity contribution is -0.116. The number of amides is 1. The topological polar surface area (TPSA) is 82.5 Å². The molecule has 30 heavy (non-hydrogen) atoms. The first-order valence-electron chi connectivity index (χ1n) is 9.37. The molecule has 1 heterocycles. The molecule has 3 rings (SSSR count). The first-order chi connectivity index (χ1) is 14.5. The third-order valence-electron chi connectivity index (χ3n) is 4.39. The van der Waals surface area contributed by atoms with Crippen molar-refractivity contribution in [2.24, 2.45) is 0 Å². The molecule has 0 saturated carbocycles. The minimum absolute atomic E-state index is 0.0639. The van der Waals surface area contributed by atoms with Gasteiger partial charge in [0.05, 0.1) is 25.7 Å². The van der Waals surface area contributed by atoms with E-state index < -0.39 is 5.82 Å². The zero-order valence-corrected chi connectivity index (χ0v) is 16.7. The van der Waals surface area contributed by atoms with Crippen molar-refractivity contribution in [1.29, 1.82) is 0 Å². The smallest absolute Gasteiger partial charge is 0.224 e. The quantitative estimate of drug-likeness (QED) is 0.425. The zero-order chi connectivity index (χ0) is 21.5. The third kappa shape index (κ3) is 5.22. The summed E-state index contributed by atoms with van der Waals surface area (Å²) in [7, 11) is 1.50. The van der Waals surface area contributed by atoms with E-state index in [9.17, 15) is 14.0 Å². The summed E-state index contributed by atoms with van der Waals surface area (Å²) >= 11 is 0. The van der Waals surface area contributed by atoms with Gasteiger partial charge in [-0.1, -0.05) is 0 Å². The number of carbonyl (C=O) groups excluding carboxylic acids is 2. The number of hydrogen-bond donors (Lipinski definition) is 1. The number of aromatic nitrogens is 2. The SMILES string of the molecule is COc1cc(C(C)=O)ccc1OCCCC(=O)Nc1ccc(-n2ccnc2)c(F)c1. The lowest BCUT2D eigenvalue weighted by Gasteiger charge is -2.12. The fraction of sp³-hybridized carbons (Fsp3) is 0.227. The molecule has 0 radical (unpaired) electrons. The second-order valence-electron chi connectivity index (χ2n) is 6.56. The van der Waals surface area contributed by atoms with Crippen LogP contribution in [0.15, 0.2) is 55.1 Å². The molecule has 1 aromatic heterocycles. The second kappa shape index (κ2) is 9.69. The first kappa shape index (κ1) is 21.0. The molecule has 0 aliphatic rings. The number of rotatable bonds is 9. The summed E-state index contributed by atoms with van der Waals surface area (Å²) in [5.41, 5.74) is 1.26. The van der Waals surface area contributed by atoms with E-state index in [2.05, 4.69) is 10.3 Å². The lowest BCUT2D eigenvalue weighted by Crippen LogP contribution is -2.13. The number of methoxy groups -OCH3 is 1. The van der Waals surface area contributed by atoms with E-state index in [-0.39, 0.29) is 24.7 Å². The highest BCUT2D eigenvalue weighted by atomic mass is 19.1. The van der Waals surface area contributed by atoms with Crippen LogP contribution in [0.25, 0.3) is 5.69 Å². The van der Waals surface area contributed by atoms with Crippen molar-refractivity contribution >= 4 is 17.4 Å². The number of nitrogens with zero attached hydrogens (tertiary/aromatic N) is 2. The van der Waals surface area contributed by atoms with Crippen molar-refractivity contribution in [3.63, 3.8) is 0 Å². The van der Waals surface area contributed by atoms with Crippen molar-refractivity contribution in [2.45, 2.75) is 19.8 Å². The maximum Gasteiger partial charge on any atom is 0.224 e. The summed E-state index contributed by atoms with van der Waals surface area (Å²) < 4.78 is 26.7. The lowest BCUT2D eigenvalue weighted by atomic mass is 10.1. The Balaban J connectivity index is 1.49. The molecule has 0 aliphatic heterocycles. The minimum atomic E-state index is -0.463. The molecule has 1 amide bonds. The Labute approximate surface area is 173 Å². The van der Waals surface area contributed by atoms with Crippen LogP contribution < -0.4 is 14.8 Å². The molecular weight excluding hydrogens is 389 g/mol. The Morgan fingerprint density at radius 2 is 2.00 bits per heavy atom. The van der Waals surface area contributed by atoms with Gasteiger partial charge in [0, 0.05) is 30.1 Å². The van der Waals surface area contributed by atoms with E-state index in [1.165, 1.54) is 26.4 Å². The van der Waals surface area contributed by atoms with E-state index in [4.69, 9.17) is 9.47 Å². The van der Waals surface area contributed by atoms with Crippen LogP contribution in [0, 0.1) is 5.82 Å². The molecule has 1 N–H and O–H groups in total. The van der Waals surface area contributed by atoms with Crippen molar-refractivity contribution < 1.29 is 23.5 Å². The fourth-order valence-electron chi connectivity index (χ4n) is 2.84. The predicted octanol–water partition coefficient (Wildman–Crippen LogP) is 4.02. The molecule has 0 unspecified atom stereocenters. The Hall–Kier alpha value is -3.68. The highest BCUT2D eigenvalue weighted by molar-refractivity contribution is 5.94. The van der Waals surface area contributed by atoms with E-state index in [0.717, 1.165) is 0 Å². The number of imidazole rings is 1. The molecule has 8 heteroatoms. The van der Waals surface area contributed by atoms with E-state index >= 15 is 0 Å². The summed E-state index contributed by atoms with van der Waals surface area (Å²) in [5.74, 6) is 0.189. The number of ketones is 1. The summed E-state index contributed by atoms with van der Waals surface area (Å²) in [6, 6.07) is 9.42. The second-order valence-corrected chi connectivity index (χ2v) is 6.56. The van der Waals surface area contributed by atoms with Crippen molar-refractivity contribution in [1.82, 2.24) is 9.55 Å². The van der Waals surface area contributed by atoms with Crippen LogP contribution in [0.3, 0.4) is 0 Å². The van der Waals surface area contributed by atoms with Crippen molar-refractivity contribution in [3.8, 4) is 17.2 Å². The van der Waals surface area contributed by atoms with Gasteiger partial charge in [-0.25, -0.2) is 9.37 Å². The first-order valence-corrected chi connectivity index (χ1v) is 9.37. The normalized spacial score (nSPS) is 10.5. The van der Waals surface area contributed by atoms with Gasteiger partial charge in [0.2, 0.25) is 5.91 Å². The average molecular weight is 411 g/mol. The van der Waals surface area contributed by atoms with E-state index in [0.29, 0.717) is 34.9 Å². The Morgan fingerprint density at radius 1 is 1.17 bits per heavy atom. The summed E-state index contributed by atoms with van der Waals surface area (Å²) in [6.07, 6.45) is 5.36. The molecule has 156 valence electrons. The molecule has 3 aromatic rings.